The zero-order valence-corrected chi connectivity index (χ0v) is 23.2. The van der Waals surface area contributed by atoms with E-state index in [1.807, 2.05) is 6.92 Å². The van der Waals surface area contributed by atoms with E-state index in [0.29, 0.717) is 28.7 Å². The van der Waals surface area contributed by atoms with E-state index in [1.54, 1.807) is 0 Å². The molecule has 3 unspecified atom stereocenters. The lowest BCUT2D eigenvalue weighted by atomic mass is 9.99. The molecular weight excluding hydrogens is 518 g/mol. The Labute approximate surface area is 225 Å². The minimum atomic E-state index is -1.01. The molecule has 0 bridgehead atoms. The van der Waals surface area contributed by atoms with Crippen molar-refractivity contribution >= 4 is 51.7 Å². The van der Waals surface area contributed by atoms with Crippen molar-refractivity contribution in [3.63, 3.8) is 0 Å². The van der Waals surface area contributed by atoms with E-state index in [9.17, 15) is 20.4 Å². The fourth-order valence-electron chi connectivity index (χ4n) is 3.14. The van der Waals surface area contributed by atoms with Gasteiger partial charge >= 0.3 is 0 Å². The second-order valence-electron chi connectivity index (χ2n) is 8.32. The zero-order valence-electron chi connectivity index (χ0n) is 21.6. The van der Waals surface area contributed by atoms with Crippen LogP contribution in [0.1, 0.15) is 46.5 Å². The van der Waals surface area contributed by atoms with E-state index in [4.69, 9.17) is 0 Å². The normalized spacial score (nSPS) is 14.0. The van der Waals surface area contributed by atoms with Crippen molar-refractivity contribution in [1.29, 1.82) is 0 Å². The monoisotopic (exact) mass is 557 g/mol. The lowest BCUT2D eigenvalue weighted by molar-refractivity contribution is 0.105. The van der Waals surface area contributed by atoms with Gasteiger partial charge in [0.15, 0.2) is 17.3 Å². The highest BCUT2D eigenvalue weighted by Crippen LogP contribution is 2.34. The summed E-state index contributed by atoms with van der Waals surface area (Å²) in [5.74, 6) is 2.15. The Hall–Kier alpha value is -2.17. The van der Waals surface area contributed by atoms with Gasteiger partial charge in [-0.2, -0.15) is 19.3 Å². The standard InChI is InChI=1S/C22H39N9O4S2/c1-4-7-8-14(5-2)9-25-20-26-18(23-10-15(34)12-32)17(19(27-20)24-11-16(35)13-33)29-30-21-28-22(31-37-21)36-6-3/h14-16,32-35H,4-13H2,1-3H3,(H3,23,24,25,26,27). The van der Waals surface area contributed by atoms with Crippen LogP contribution < -0.4 is 16.0 Å². The summed E-state index contributed by atoms with van der Waals surface area (Å²) in [5.41, 5.74) is 0.221. The van der Waals surface area contributed by atoms with Gasteiger partial charge in [0, 0.05) is 31.2 Å². The molecule has 15 heteroatoms. The van der Waals surface area contributed by atoms with Crippen molar-refractivity contribution in [3.8, 4) is 0 Å². The van der Waals surface area contributed by atoms with Gasteiger partial charge in [0.05, 0.1) is 25.4 Å². The largest absolute Gasteiger partial charge is 0.394 e. The summed E-state index contributed by atoms with van der Waals surface area (Å²) in [6, 6.07) is 0. The first kappa shape index (κ1) is 31.1. The summed E-state index contributed by atoms with van der Waals surface area (Å²) >= 11 is 2.60. The Bertz CT molecular complexity index is 916. The van der Waals surface area contributed by atoms with Crippen LogP contribution in [0.2, 0.25) is 0 Å². The molecule has 208 valence electrons. The lowest BCUT2D eigenvalue weighted by Gasteiger charge is -2.19. The third-order valence-corrected chi connectivity index (χ3v) is 6.76. The average Bonchev–Trinajstić information content (AvgIpc) is 3.36. The quantitative estimate of drug-likeness (QED) is 0.0987. The van der Waals surface area contributed by atoms with Crippen molar-refractivity contribution in [1.82, 2.24) is 19.3 Å². The van der Waals surface area contributed by atoms with E-state index in [0.717, 1.165) is 43.0 Å². The number of aromatic nitrogens is 4. The second-order valence-corrected chi connectivity index (χ2v) is 10.3. The van der Waals surface area contributed by atoms with Crippen molar-refractivity contribution in [3.05, 3.63) is 0 Å². The van der Waals surface area contributed by atoms with Crippen LogP contribution in [0.25, 0.3) is 0 Å². The number of hydrogen-bond donors (Lipinski definition) is 7. The van der Waals surface area contributed by atoms with E-state index in [1.165, 1.54) is 11.8 Å². The maximum Gasteiger partial charge on any atom is 0.250 e. The molecule has 0 fully saturated rings. The second kappa shape index (κ2) is 17.4. The molecule has 0 saturated heterocycles. The highest BCUT2D eigenvalue weighted by molar-refractivity contribution is 7.99. The number of hydrogen-bond acceptors (Lipinski definition) is 15. The molecule has 2 heterocycles. The zero-order chi connectivity index (χ0) is 27.0. The predicted octanol–water partition coefficient (Wildman–Crippen LogP) is 3.01. The molecular formula is C22H39N9O4S2. The number of thioether (sulfide) groups is 1. The Morgan fingerprint density at radius 3 is 2.08 bits per heavy atom. The molecule has 2 rings (SSSR count). The van der Waals surface area contributed by atoms with Crippen LogP contribution in [0.3, 0.4) is 0 Å². The van der Waals surface area contributed by atoms with Crippen LogP contribution in [0.15, 0.2) is 15.4 Å². The van der Waals surface area contributed by atoms with E-state index < -0.39 is 25.4 Å². The van der Waals surface area contributed by atoms with Crippen molar-refractivity contribution in [2.75, 3.05) is 54.6 Å². The number of nitrogens with one attached hydrogen (secondary N) is 3. The van der Waals surface area contributed by atoms with Crippen LogP contribution in [0, 0.1) is 5.92 Å². The highest BCUT2D eigenvalue weighted by Gasteiger charge is 2.18. The van der Waals surface area contributed by atoms with Gasteiger partial charge in [-0.3, -0.25) is 0 Å². The molecule has 0 amide bonds. The van der Waals surface area contributed by atoms with Gasteiger partial charge in [-0.15, -0.1) is 10.2 Å². The number of azo groups is 1. The summed E-state index contributed by atoms with van der Waals surface area (Å²) in [6.07, 6.45) is 2.35. The maximum absolute atomic E-state index is 9.89. The number of aliphatic hydroxyl groups excluding tert-OH is 4. The first-order valence-electron chi connectivity index (χ1n) is 12.5. The van der Waals surface area contributed by atoms with E-state index in [-0.39, 0.29) is 30.4 Å². The van der Waals surface area contributed by atoms with Gasteiger partial charge in [-0.05, 0) is 18.1 Å². The summed E-state index contributed by atoms with van der Waals surface area (Å²) in [5, 5.41) is 57.0. The van der Waals surface area contributed by atoms with Gasteiger partial charge in [0.25, 0.3) is 0 Å². The van der Waals surface area contributed by atoms with Crippen molar-refractivity contribution in [2.24, 2.45) is 16.1 Å². The molecule has 0 spiro atoms. The molecule has 13 nitrogen and oxygen atoms in total. The summed E-state index contributed by atoms with van der Waals surface area (Å²) in [4.78, 5) is 13.4. The molecule has 7 N–H and O–H groups in total. The first-order valence-corrected chi connectivity index (χ1v) is 14.3. The third kappa shape index (κ3) is 11.0. The summed E-state index contributed by atoms with van der Waals surface area (Å²) < 4.78 is 4.23. The van der Waals surface area contributed by atoms with Crippen LogP contribution in [0.5, 0.6) is 0 Å². The van der Waals surface area contributed by atoms with Gasteiger partial charge < -0.3 is 36.4 Å². The molecule has 2 aromatic rings. The smallest absolute Gasteiger partial charge is 0.250 e. The molecule has 0 aliphatic heterocycles. The maximum atomic E-state index is 9.89. The molecule has 0 aliphatic rings. The number of nitrogens with zero attached hydrogens (tertiary/aromatic N) is 6. The van der Waals surface area contributed by atoms with Crippen molar-refractivity contribution in [2.45, 2.75) is 63.8 Å². The fraction of sp³-hybridized carbons (Fsp3) is 0.727. The summed E-state index contributed by atoms with van der Waals surface area (Å²) in [7, 11) is 0. The van der Waals surface area contributed by atoms with Gasteiger partial charge in [-0.1, -0.05) is 51.8 Å². The topological polar surface area (TPSA) is 193 Å². The lowest BCUT2D eigenvalue weighted by Crippen LogP contribution is -2.25. The first-order chi connectivity index (χ1) is 17.9. The third-order valence-electron chi connectivity index (χ3n) is 5.31. The Balaban J connectivity index is 2.40. The van der Waals surface area contributed by atoms with Gasteiger partial charge in [0.2, 0.25) is 16.2 Å². The van der Waals surface area contributed by atoms with Crippen LogP contribution in [-0.2, 0) is 0 Å². The van der Waals surface area contributed by atoms with E-state index in [2.05, 4.69) is 59.4 Å². The molecule has 0 aromatic carbocycles. The van der Waals surface area contributed by atoms with Gasteiger partial charge in [0.1, 0.15) is 0 Å². The molecule has 37 heavy (non-hydrogen) atoms. The molecule has 2 aromatic heterocycles. The number of unbranched alkanes of at least 4 members (excludes halogenated alkanes) is 1. The van der Waals surface area contributed by atoms with Crippen molar-refractivity contribution < 1.29 is 20.4 Å². The Morgan fingerprint density at radius 1 is 0.892 bits per heavy atom. The Kier molecular flexibility index (Phi) is 14.6. The Morgan fingerprint density at radius 2 is 1.54 bits per heavy atom. The molecule has 0 radical (unpaired) electrons. The van der Waals surface area contributed by atoms with Crippen LogP contribution >= 0.6 is 23.3 Å². The van der Waals surface area contributed by atoms with Crippen LogP contribution in [-0.4, -0.2) is 90.6 Å². The highest BCUT2D eigenvalue weighted by atomic mass is 32.2. The number of aliphatic hydroxyl groups is 4. The van der Waals surface area contributed by atoms with Gasteiger partial charge in [-0.25, -0.2) is 0 Å². The summed E-state index contributed by atoms with van der Waals surface area (Å²) in [6.45, 7) is 6.17. The fourth-order valence-corrected chi connectivity index (χ4v) is 4.33. The van der Waals surface area contributed by atoms with E-state index >= 15 is 0 Å². The minimum Gasteiger partial charge on any atom is -0.394 e. The average molecular weight is 558 g/mol. The molecule has 0 saturated carbocycles. The molecule has 3 atom stereocenters. The number of rotatable bonds is 19. The SMILES string of the molecule is CCCCC(CC)CNc1nc(NCC(O)CO)c(N=Nc2nc(SCC)ns2)c(NCC(O)CO)n1. The van der Waals surface area contributed by atoms with Crippen LogP contribution in [0.4, 0.5) is 28.4 Å². The predicted molar refractivity (Wildman–Crippen MR) is 147 cm³/mol. The minimum absolute atomic E-state index is 0.0123. The number of anilines is 3. The molecule has 0 aliphatic carbocycles.